The molecule has 1 aliphatic rings. The van der Waals surface area contributed by atoms with E-state index in [2.05, 4.69) is 83.1 Å². The van der Waals surface area contributed by atoms with Crippen LogP contribution in [0, 0.1) is 10.8 Å². The van der Waals surface area contributed by atoms with Crippen molar-refractivity contribution in [2.24, 2.45) is 10.8 Å². The largest absolute Gasteiger partial charge is 0.507 e. The minimum Gasteiger partial charge on any atom is -0.507 e. The highest BCUT2D eigenvalue weighted by Gasteiger charge is 2.35. The zero-order chi connectivity index (χ0) is 30.6. The summed E-state index contributed by atoms with van der Waals surface area (Å²) in [6, 6.07) is 11.0. The fourth-order valence-corrected chi connectivity index (χ4v) is 5.09. The third-order valence-electron chi connectivity index (χ3n) is 7.43. The number of aromatic carboxylic acids is 1. The van der Waals surface area contributed by atoms with Crippen LogP contribution in [0.15, 0.2) is 65.3 Å². The van der Waals surface area contributed by atoms with Crippen LogP contribution in [0.25, 0.3) is 5.57 Å². The Bertz CT molecular complexity index is 1360. The number of Topliss-reactive ketones (excluding diaryl/α,β-unsaturated/α-hetero) is 1. The lowest BCUT2D eigenvalue weighted by molar-refractivity contribution is -0.114. The Morgan fingerprint density at radius 3 is 1.30 bits per heavy atom. The summed E-state index contributed by atoms with van der Waals surface area (Å²) in [6.07, 6.45) is 4.00. The van der Waals surface area contributed by atoms with Crippen LogP contribution in [0.5, 0.6) is 5.75 Å². The fraction of sp³-hybridized carbons (Fsp3) is 0.444. The molecule has 0 aromatic heterocycles. The molecule has 0 fully saturated rings. The van der Waals surface area contributed by atoms with Gasteiger partial charge in [0, 0.05) is 22.3 Å². The standard InChI is InChI=1S/C36H46O4/c1-33(2,3)25-17-23(18-26(30(25)37)34(4,5)6)29(21-13-15-22(16-14-21)32(39)40)24-19-27(35(7,8)9)31(38)28(20-24)36(10,11)12/h13-20,37H,1-12H3,(H,39,40). The summed E-state index contributed by atoms with van der Waals surface area (Å²) in [7, 11) is 0. The van der Waals surface area contributed by atoms with Crippen molar-refractivity contribution in [3.05, 3.63) is 93.1 Å². The first kappa shape index (κ1) is 31.1. The van der Waals surface area contributed by atoms with Crippen molar-refractivity contribution < 1.29 is 19.8 Å². The van der Waals surface area contributed by atoms with Crippen LogP contribution in [0.2, 0.25) is 0 Å². The molecule has 0 aliphatic heterocycles. The summed E-state index contributed by atoms with van der Waals surface area (Å²) in [6.45, 7) is 24.8. The molecule has 0 heterocycles. The molecule has 0 unspecified atom stereocenters. The Balaban J connectivity index is 2.59. The van der Waals surface area contributed by atoms with Gasteiger partial charge in [0.05, 0.1) is 5.56 Å². The van der Waals surface area contributed by atoms with Crippen molar-refractivity contribution in [2.45, 2.75) is 93.9 Å². The summed E-state index contributed by atoms with van der Waals surface area (Å²) in [4.78, 5) is 25.4. The Hall–Kier alpha value is -3.40. The molecular weight excluding hydrogens is 496 g/mol. The SMILES string of the molecule is CC(C)(C)C1=CC(=C(c2ccc(C(=O)O)cc2)c2cc(C(C)(C)C)c(O)c(C(C)(C)C)c2)C=C(C(C)(C)C)C1=O. The summed E-state index contributed by atoms with van der Waals surface area (Å²) in [5, 5.41) is 21.0. The quantitative estimate of drug-likeness (QED) is 0.406. The second-order valence-electron chi connectivity index (χ2n) is 15.1. The van der Waals surface area contributed by atoms with E-state index < -0.39 is 5.97 Å². The minimum atomic E-state index is -0.983. The average molecular weight is 543 g/mol. The number of carbonyl (C=O) groups excluding carboxylic acids is 1. The molecular formula is C36H46O4. The summed E-state index contributed by atoms with van der Waals surface area (Å²) >= 11 is 0. The lowest BCUT2D eigenvalue weighted by atomic mass is 9.70. The Morgan fingerprint density at radius 2 is 0.975 bits per heavy atom. The van der Waals surface area contributed by atoms with Gasteiger partial charge in [-0.3, -0.25) is 4.79 Å². The fourth-order valence-electron chi connectivity index (χ4n) is 5.09. The van der Waals surface area contributed by atoms with Gasteiger partial charge in [0.1, 0.15) is 5.75 Å². The van der Waals surface area contributed by atoms with Gasteiger partial charge in [-0.1, -0.05) is 95.2 Å². The third-order valence-corrected chi connectivity index (χ3v) is 7.43. The van der Waals surface area contributed by atoms with Gasteiger partial charge in [-0.25, -0.2) is 4.79 Å². The highest BCUT2D eigenvalue weighted by molar-refractivity contribution is 6.12. The molecule has 0 saturated carbocycles. The number of allylic oxidation sites excluding steroid dienone is 5. The first-order valence-electron chi connectivity index (χ1n) is 14.0. The number of benzene rings is 2. The zero-order valence-electron chi connectivity index (χ0n) is 26.3. The van der Waals surface area contributed by atoms with Gasteiger partial charge in [0.25, 0.3) is 0 Å². The van der Waals surface area contributed by atoms with Crippen LogP contribution in [0.3, 0.4) is 0 Å². The van der Waals surface area contributed by atoms with Crippen LogP contribution >= 0.6 is 0 Å². The second-order valence-corrected chi connectivity index (χ2v) is 15.1. The zero-order valence-corrected chi connectivity index (χ0v) is 26.3. The highest BCUT2D eigenvalue weighted by atomic mass is 16.4. The van der Waals surface area contributed by atoms with E-state index in [1.807, 2.05) is 36.4 Å². The van der Waals surface area contributed by atoms with Crippen molar-refractivity contribution in [2.75, 3.05) is 0 Å². The lowest BCUT2D eigenvalue weighted by Crippen LogP contribution is -2.28. The average Bonchev–Trinajstić information content (AvgIpc) is 2.78. The van der Waals surface area contributed by atoms with E-state index in [4.69, 9.17) is 0 Å². The molecule has 0 atom stereocenters. The molecule has 0 spiro atoms. The van der Waals surface area contributed by atoms with Gasteiger partial charge in [0.2, 0.25) is 0 Å². The Morgan fingerprint density at radius 1 is 0.600 bits per heavy atom. The van der Waals surface area contributed by atoms with Crippen LogP contribution in [0.1, 0.15) is 116 Å². The van der Waals surface area contributed by atoms with Crippen LogP contribution in [-0.2, 0) is 15.6 Å². The van der Waals surface area contributed by atoms with E-state index in [1.165, 1.54) is 0 Å². The second kappa shape index (κ2) is 10.2. The lowest BCUT2D eigenvalue weighted by Gasteiger charge is -2.32. The molecule has 4 heteroatoms. The number of carbonyl (C=O) groups is 2. The molecule has 2 aromatic carbocycles. The first-order valence-corrected chi connectivity index (χ1v) is 14.0. The molecule has 214 valence electrons. The molecule has 0 amide bonds. The van der Waals surface area contributed by atoms with E-state index in [9.17, 15) is 19.8 Å². The number of carboxylic acid groups (broad SMARTS) is 1. The molecule has 40 heavy (non-hydrogen) atoms. The maximum Gasteiger partial charge on any atom is 0.335 e. The van der Waals surface area contributed by atoms with E-state index in [0.29, 0.717) is 5.75 Å². The molecule has 0 radical (unpaired) electrons. The Kier molecular flexibility index (Phi) is 7.95. The highest BCUT2D eigenvalue weighted by Crippen LogP contribution is 2.45. The van der Waals surface area contributed by atoms with Crippen LogP contribution in [0.4, 0.5) is 0 Å². The van der Waals surface area contributed by atoms with Crippen molar-refractivity contribution in [1.82, 2.24) is 0 Å². The number of phenolic OH excluding ortho intramolecular Hbond substituents is 1. The summed E-state index contributed by atoms with van der Waals surface area (Å²) < 4.78 is 0. The van der Waals surface area contributed by atoms with Gasteiger partial charge < -0.3 is 10.2 Å². The monoisotopic (exact) mass is 542 g/mol. The predicted octanol–water partition coefficient (Wildman–Crippen LogP) is 9.02. The van der Waals surface area contributed by atoms with E-state index in [-0.39, 0.29) is 33.0 Å². The molecule has 1 aliphatic carbocycles. The number of ketones is 1. The van der Waals surface area contributed by atoms with Crippen LogP contribution < -0.4 is 0 Å². The van der Waals surface area contributed by atoms with Crippen molar-refractivity contribution in [1.29, 1.82) is 0 Å². The van der Waals surface area contributed by atoms with Gasteiger partial charge in [-0.05, 0) is 80.4 Å². The topological polar surface area (TPSA) is 74.6 Å². The molecule has 0 saturated heterocycles. The van der Waals surface area contributed by atoms with Crippen molar-refractivity contribution in [3.63, 3.8) is 0 Å². The smallest absolute Gasteiger partial charge is 0.335 e. The summed E-state index contributed by atoms with van der Waals surface area (Å²) in [5.41, 5.74) is 5.47. The van der Waals surface area contributed by atoms with Crippen molar-refractivity contribution in [3.8, 4) is 5.75 Å². The predicted molar refractivity (Wildman–Crippen MR) is 165 cm³/mol. The number of hydrogen-bond acceptors (Lipinski definition) is 3. The van der Waals surface area contributed by atoms with E-state index in [1.54, 1.807) is 12.1 Å². The molecule has 3 rings (SSSR count). The molecule has 2 N–H and O–H groups in total. The van der Waals surface area contributed by atoms with Crippen LogP contribution in [-0.4, -0.2) is 22.0 Å². The number of aromatic hydroxyl groups is 1. The number of hydrogen-bond donors (Lipinski definition) is 2. The molecule has 4 nitrogen and oxygen atoms in total. The first-order chi connectivity index (χ1) is 18.0. The normalized spacial score (nSPS) is 15.1. The van der Waals surface area contributed by atoms with Gasteiger partial charge >= 0.3 is 5.97 Å². The van der Waals surface area contributed by atoms with Gasteiger partial charge in [0.15, 0.2) is 5.78 Å². The maximum atomic E-state index is 13.7. The maximum absolute atomic E-state index is 13.7. The number of rotatable bonds is 3. The van der Waals surface area contributed by atoms with E-state index >= 15 is 0 Å². The van der Waals surface area contributed by atoms with Gasteiger partial charge in [-0.2, -0.15) is 0 Å². The van der Waals surface area contributed by atoms with Gasteiger partial charge in [-0.15, -0.1) is 0 Å². The molecule has 0 bridgehead atoms. The summed E-state index contributed by atoms with van der Waals surface area (Å²) in [5.74, 6) is -0.630. The number of carboxylic acids is 1. The third kappa shape index (κ3) is 6.32. The molecule has 2 aromatic rings. The minimum absolute atomic E-state index is 0.0563. The number of phenols is 1. The van der Waals surface area contributed by atoms with E-state index in [0.717, 1.165) is 44.5 Å². The Labute approximate surface area is 240 Å². The van der Waals surface area contributed by atoms with Crippen molar-refractivity contribution >= 4 is 17.3 Å².